The van der Waals surface area contributed by atoms with Crippen LogP contribution in [-0.4, -0.2) is 24.5 Å². The molecule has 30 heavy (non-hydrogen) atoms. The highest BCUT2D eigenvalue weighted by Crippen LogP contribution is 2.35. The van der Waals surface area contributed by atoms with Crippen molar-refractivity contribution in [3.05, 3.63) is 61.5 Å². The van der Waals surface area contributed by atoms with Gasteiger partial charge in [-0.2, -0.15) is 0 Å². The molecule has 0 aliphatic carbocycles. The van der Waals surface area contributed by atoms with Crippen LogP contribution in [0, 0.1) is 5.92 Å². The molecule has 0 bridgehead atoms. The van der Waals surface area contributed by atoms with E-state index in [2.05, 4.69) is 37.2 Å². The Morgan fingerprint density at radius 3 is 2.43 bits per heavy atom. The first kappa shape index (κ1) is 22.5. The number of carbonyl (C=O) groups is 3. The SMILES string of the molecule is CC(C)COc1c(Br)cc(Br)cc1/C=C1\C(=O)NC(=O)N(c2ccc(Cl)cc2)C1=O. The number of imide groups is 2. The molecule has 2 aromatic rings. The van der Waals surface area contributed by atoms with Crippen LogP contribution in [0.3, 0.4) is 0 Å². The van der Waals surface area contributed by atoms with Crippen molar-refractivity contribution in [1.29, 1.82) is 0 Å². The number of carbonyl (C=O) groups excluding carboxylic acids is 3. The molecular formula is C21H17Br2ClN2O4. The predicted molar refractivity (Wildman–Crippen MR) is 123 cm³/mol. The van der Waals surface area contributed by atoms with E-state index in [0.717, 1.165) is 9.37 Å². The number of nitrogens with zero attached hydrogens (tertiary/aromatic N) is 1. The highest BCUT2D eigenvalue weighted by atomic mass is 79.9. The Kier molecular flexibility index (Phi) is 7.00. The number of halogens is 3. The van der Waals surface area contributed by atoms with E-state index in [0.29, 0.717) is 33.1 Å². The van der Waals surface area contributed by atoms with Gasteiger partial charge in [-0.05, 0) is 64.3 Å². The van der Waals surface area contributed by atoms with Gasteiger partial charge in [0, 0.05) is 15.1 Å². The van der Waals surface area contributed by atoms with E-state index >= 15 is 0 Å². The van der Waals surface area contributed by atoms with Gasteiger partial charge in [-0.3, -0.25) is 14.9 Å². The van der Waals surface area contributed by atoms with E-state index in [1.807, 2.05) is 19.9 Å². The lowest BCUT2D eigenvalue weighted by atomic mass is 10.1. The summed E-state index contributed by atoms with van der Waals surface area (Å²) in [4.78, 5) is 38.7. The van der Waals surface area contributed by atoms with Gasteiger partial charge in [-0.25, -0.2) is 9.69 Å². The molecule has 0 aromatic heterocycles. The van der Waals surface area contributed by atoms with Crippen molar-refractivity contribution in [3.8, 4) is 5.75 Å². The molecule has 1 aliphatic heterocycles. The van der Waals surface area contributed by atoms with Crippen LogP contribution >= 0.6 is 43.5 Å². The lowest BCUT2D eigenvalue weighted by molar-refractivity contribution is -0.122. The minimum atomic E-state index is -0.823. The number of anilines is 1. The quantitative estimate of drug-likeness (QED) is 0.386. The Morgan fingerprint density at radius 2 is 1.80 bits per heavy atom. The van der Waals surface area contributed by atoms with E-state index in [4.69, 9.17) is 16.3 Å². The summed E-state index contributed by atoms with van der Waals surface area (Å²) in [7, 11) is 0. The van der Waals surface area contributed by atoms with Gasteiger partial charge in [0.25, 0.3) is 11.8 Å². The van der Waals surface area contributed by atoms with E-state index in [9.17, 15) is 14.4 Å². The molecule has 0 unspecified atom stereocenters. The molecule has 0 atom stereocenters. The Bertz CT molecular complexity index is 1050. The van der Waals surface area contributed by atoms with Crippen LogP contribution in [0.5, 0.6) is 5.75 Å². The highest BCUT2D eigenvalue weighted by molar-refractivity contribution is 9.11. The summed E-state index contributed by atoms with van der Waals surface area (Å²) < 4.78 is 7.29. The number of barbiturate groups is 1. The average Bonchev–Trinajstić information content (AvgIpc) is 2.65. The van der Waals surface area contributed by atoms with E-state index in [-0.39, 0.29) is 11.5 Å². The van der Waals surface area contributed by atoms with Crippen molar-refractivity contribution < 1.29 is 19.1 Å². The minimum Gasteiger partial charge on any atom is -0.492 e. The van der Waals surface area contributed by atoms with Crippen molar-refractivity contribution in [2.75, 3.05) is 11.5 Å². The molecule has 1 N–H and O–H groups in total. The van der Waals surface area contributed by atoms with E-state index < -0.39 is 17.8 Å². The Balaban J connectivity index is 2.05. The highest BCUT2D eigenvalue weighted by Gasteiger charge is 2.37. The van der Waals surface area contributed by atoms with Crippen molar-refractivity contribution >= 4 is 73.1 Å². The average molecular weight is 557 g/mol. The summed E-state index contributed by atoms with van der Waals surface area (Å²) in [5, 5.41) is 2.66. The van der Waals surface area contributed by atoms with Crippen LogP contribution in [0.25, 0.3) is 6.08 Å². The molecule has 6 nitrogen and oxygen atoms in total. The molecule has 2 aromatic carbocycles. The fraction of sp³-hybridized carbons (Fsp3) is 0.190. The van der Waals surface area contributed by atoms with Crippen molar-refractivity contribution in [3.63, 3.8) is 0 Å². The summed E-state index contributed by atoms with van der Waals surface area (Å²) in [5.41, 5.74) is 0.622. The minimum absolute atomic E-state index is 0.191. The normalized spacial score (nSPS) is 15.7. The molecule has 1 saturated heterocycles. The molecular weight excluding hydrogens is 540 g/mol. The van der Waals surface area contributed by atoms with E-state index in [1.165, 1.54) is 18.2 Å². The number of urea groups is 1. The van der Waals surface area contributed by atoms with Crippen LogP contribution in [-0.2, 0) is 9.59 Å². The summed E-state index contributed by atoms with van der Waals surface area (Å²) in [6.45, 7) is 4.48. The Labute approximate surface area is 195 Å². The van der Waals surface area contributed by atoms with Gasteiger partial charge in [0.05, 0.1) is 16.8 Å². The zero-order valence-electron chi connectivity index (χ0n) is 16.0. The molecule has 4 amide bonds. The molecule has 0 saturated carbocycles. The second-order valence-electron chi connectivity index (χ2n) is 6.95. The van der Waals surface area contributed by atoms with Crippen LogP contribution in [0.15, 0.2) is 50.9 Å². The number of nitrogens with one attached hydrogen (secondary N) is 1. The first-order valence-corrected chi connectivity index (χ1v) is 10.9. The largest absolute Gasteiger partial charge is 0.492 e. The van der Waals surface area contributed by atoms with Gasteiger partial charge in [-0.15, -0.1) is 0 Å². The van der Waals surface area contributed by atoms with E-state index in [1.54, 1.807) is 18.2 Å². The summed E-state index contributed by atoms with van der Waals surface area (Å²) >= 11 is 12.8. The summed E-state index contributed by atoms with van der Waals surface area (Å²) in [6.07, 6.45) is 1.41. The molecule has 3 rings (SSSR count). The molecule has 9 heteroatoms. The Hall–Kier alpha value is -2.16. The number of ether oxygens (including phenoxy) is 1. The monoisotopic (exact) mass is 554 g/mol. The fourth-order valence-corrected chi connectivity index (χ4v) is 4.23. The predicted octanol–water partition coefficient (Wildman–Crippen LogP) is 5.57. The van der Waals surface area contributed by atoms with Crippen molar-refractivity contribution in [1.82, 2.24) is 5.32 Å². The number of benzene rings is 2. The van der Waals surface area contributed by atoms with Crippen molar-refractivity contribution in [2.24, 2.45) is 5.92 Å². The standard InChI is InChI=1S/C21H17Br2ClN2O4/c1-11(2)10-30-18-12(7-13(22)9-17(18)23)8-16-19(27)25-21(29)26(20(16)28)15-5-3-14(24)4-6-15/h3-9,11H,10H2,1-2H3,(H,25,27,29)/b16-8+. The van der Waals surface area contributed by atoms with Crippen LogP contribution in [0.2, 0.25) is 5.02 Å². The lowest BCUT2D eigenvalue weighted by Gasteiger charge is -2.26. The van der Waals surface area contributed by atoms with Gasteiger partial charge in [-0.1, -0.05) is 41.4 Å². The van der Waals surface area contributed by atoms with Crippen molar-refractivity contribution in [2.45, 2.75) is 13.8 Å². The van der Waals surface area contributed by atoms with Gasteiger partial charge in [0.2, 0.25) is 0 Å². The third-order valence-electron chi connectivity index (χ3n) is 4.08. The molecule has 1 fully saturated rings. The van der Waals surface area contributed by atoms with Gasteiger partial charge < -0.3 is 4.74 Å². The van der Waals surface area contributed by atoms with Gasteiger partial charge in [0.15, 0.2) is 0 Å². The smallest absolute Gasteiger partial charge is 0.335 e. The lowest BCUT2D eigenvalue weighted by Crippen LogP contribution is -2.54. The zero-order chi connectivity index (χ0) is 22.0. The third kappa shape index (κ3) is 4.94. The molecule has 1 aliphatic rings. The maximum Gasteiger partial charge on any atom is 0.335 e. The number of amides is 4. The molecule has 0 radical (unpaired) electrons. The van der Waals surface area contributed by atoms with Gasteiger partial charge >= 0.3 is 6.03 Å². The van der Waals surface area contributed by atoms with Gasteiger partial charge in [0.1, 0.15) is 11.3 Å². The topological polar surface area (TPSA) is 75.7 Å². The molecule has 0 spiro atoms. The fourth-order valence-electron chi connectivity index (χ4n) is 2.73. The summed E-state index contributed by atoms with van der Waals surface area (Å²) in [5.74, 6) is -0.744. The van der Waals surface area contributed by atoms with Crippen LogP contribution in [0.1, 0.15) is 19.4 Å². The number of rotatable bonds is 5. The second kappa shape index (κ2) is 9.32. The first-order chi connectivity index (χ1) is 14.2. The Morgan fingerprint density at radius 1 is 1.13 bits per heavy atom. The molecule has 1 heterocycles. The summed E-state index contributed by atoms with van der Waals surface area (Å²) in [6, 6.07) is 8.89. The maximum atomic E-state index is 13.1. The number of hydrogen-bond donors (Lipinski definition) is 1. The van der Waals surface area contributed by atoms with Crippen LogP contribution < -0.4 is 15.0 Å². The maximum absolute atomic E-state index is 13.1. The zero-order valence-corrected chi connectivity index (χ0v) is 20.0. The van der Waals surface area contributed by atoms with Crippen LogP contribution in [0.4, 0.5) is 10.5 Å². The first-order valence-electron chi connectivity index (χ1n) is 8.96. The number of hydrogen-bond acceptors (Lipinski definition) is 4. The second-order valence-corrected chi connectivity index (χ2v) is 9.15. The third-order valence-corrected chi connectivity index (χ3v) is 5.38. The molecule has 156 valence electrons.